The number of nitro groups is 1. The SMILES string of the molecule is CCN(CC)S(=O)(=O)c1ccc(OCC=CCl)c([N+](=O)[O-])c1. The van der Waals surface area contributed by atoms with Crippen molar-refractivity contribution in [2.24, 2.45) is 0 Å². The number of rotatable bonds is 8. The molecule has 9 heteroatoms. The third kappa shape index (κ3) is 4.19. The zero-order valence-electron chi connectivity index (χ0n) is 12.2. The van der Waals surface area contributed by atoms with Crippen molar-refractivity contribution in [3.8, 4) is 5.75 Å². The van der Waals surface area contributed by atoms with Crippen LogP contribution >= 0.6 is 11.6 Å². The predicted molar refractivity (Wildman–Crippen MR) is 83.7 cm³/mol. The molecule has 0 aliphatic heterocycles. The number of benzene rings is 1. The minimum Gasteiger partial charge on any atom is -0.483 e. The zero-order chi connectivity index (χ0) is 16.8. The number of nitro benzene ring substituents is 1. The van der Waals surface area contributed by atoms with Gasteiger partial charge in [-0.1, -0.05) is 25.4 Å². The van der Waals surface area contributed by atoms with Crippen LogP contribution in [0, 0.1) is 10.1 Å². The molecule has 0 radical (unpaired) electrons. The van der Waals surface area contributed by atoms with E-state index >= 15 is 0 Å². The Bertz CT molecular complexity index is 656. The molecule has 0 spiro atoms. The van der Waals surface area contributed by atoms with E-state index in [0.717, 1.165) is 6.07 Å². The van der Waals surface area contributed by atoms with E-state index in [-0.39, 0.29) is 30.3 Å². The van der Waals surface area contributed by atoms with Gasteiger partial charge in [-0.2, -0.15) is 4.31 Å². The van der Waals surface area contributed by atoms with Crippen molar-refractivity contribution >= 4 is 27.3 Å². The Morgan fingerprint density at radius 2 is 2.00 bits per heavy atom. The summed E-state index contributed by atoms with van der Waals surface area (Å²) in [5.74, 6) is -0.0155. The second-order valence-electron chi connectivity index (χ2n) is 4.15. The van der Waals surface area contributed by atoms with Crippen LogP contribution in [-0.2, 0) is 10.0 Å². The first kappa shape index (κ1) is 18.4. The molecule has 0 heterocycles. The van der Waals surface area contributed by atoms with Gasteiger partial charge in [0.15, 0.2) is 5.75 Å². The lowest BCUT2D eigenvalue weighted by Gasteiger charge is -2.18. The van der Waals surface area contributed by atoms with Gasteiger partial charge in [-0.3, -0.25) is 10.1 Å². The summed E-state index contributed by atoms with van der Waals surface area (Å²) in [4.78, 5) is 10.3. The Morgan fingerprint density at radius 3 is 2.50 bits per heavy atom. The Balaban J connectivity index is 3.25. The molecule has 0 atom stereocenters. The van der Waals surface area contributed by atoms with Crippen molar-refractivity contribution in [2.75, 3.05) is 19.7 Å². The molecular formula is C13H17ClN2O5S. The molecule has 0 saturated heterocycles. The summed E-state index contributed by atoms with van der Waals surface area (Å²) >= 11 is 5.34. The number of sulfonamides is 1. The highest BCUT2D eigenvalue weighted by molar-refractivity contribution is 7.89. The molecule has 1 aromatic carbocycles. The van der Waals surface area contributed by atoms with Gasteiger partial charge in [0.2, 0.25) is 10.0 Å². The second-order valence-corrected chi connectivity index (χ2v) is 6.34. The number of ether oxygens (including phenoxy) is 1. The minimum atomic E-state index is -3.76. The van der Waals surface area contributed by atoms with Crippen molar-refractivity contribution in [3.05, 3.63) is 39.9 Å². The summed E-state index contributed by atoms with van der Waals surface area (Å²) in [5.41, 5.74) is 0.821. The highest BCUT2D eigenvalue weighted by Crippen LogP contribution is 2.30. The van der Waals surface area contributed by atoms with E-state index < -0.39 is 20.6 Å². The molecule has 0 amide bonds. The van der Waals surface area contributed by atoms with Gasteiger partial charge in [0.25, 0.3) is 0 Å². The van der Waals surface area contributed by atoms with Crippen molar-refractivity contribution in [1.29, 1.82) is 0 Å². The molecule has 1 aromatic rings. The van der Waals surface area contributed by atoms with Gasteiger partial charge in [-0.25, -0.2) is 8.42 Å². The minimum absolute atomic E-state index is 0.0155. The fraction of sp³-hybridized carbons (Fsp3) is 0.385. The van der Waals surface area contributed by atoms with E-state index in [4.69, 9.17) is 16.3 Å². The van der Waals surface area contributed by atoms with Crippen molar-refractivity contribution in [3.63, 3.8) is 0 Å². The van der Waals surface area contributed by atoms with E-state index in [1.807, 2.05) is 0 Å². The van der Waals surface area contributed by atoms with Gasteiger partial charge < -0.3 is 4.74 Å². The Labute approximate surface area is 134 Å². The number of hydrogen-bond acceptors (Lipinski definition) is 5. The van der Waals surface area contributed by atoms with E-state index in [9.17, 15) is 18.5 Å². The van der Waals surface area contributed by atoms with Crippen LogP contribution in [0.3, 0.4) is 0 Å². The monoisotopic (exact) mass is 348 g/mol. The Kier molecular flexibility index (Phi) is 6.79. The lowest BCUT2D eigenvalue weighted by atomic mass is 10.3. The molecule has 0 aromatic heterocycles. The first-order valence-electron chi connectivity index (χ1n) is 6.55. The molecule has 0 bridgehead atoms. The van der Waals surface area contributed by atoms with Crippen LogP contribution in [0.15, 0.2) is 34.7 Å². The largest absolute Gasteiger partial charge is 0.483 e. The topological polar surface area (TPSA) is 89.8 Å². The van der Waals surface area contributed by atoms with Gasteiger partial charge >= 0.3 is 5.69 Å². The van der Waals surface area contributed by atoms with Crippen LogP contribution in [0.5, 0.6) is 5.75 Å². The number of hydrogen-bond donors (Lipinski definition) is 0. The normalized spacial score (nSPS) is 12.0. The fourth-order valence-electron chi connectivity index (χ4n) is 1.81. The number of nitrogens with zero attached hydrogens (tertiary/aromatic N) is 2. The quantitative estimate of drug-likeness (QED) is 0.532. The van der Waals surface area contributed by atoms with Gasteiger partial charge in [0.05, 0.1) is 9.82 Å². The first-order chi connectivity index (χ1) is 10.4. The summed E-state index contributed by atoms with van der Waals surface area (Å²) in [5, 5.41) is 11.1. The average molecular weight is 349 g/mol. The predicted octanol–water partition coefficient (Wildman–Crippen LogP) is 2.76. The lowest BCUT2D eigenvalue weighted by molar-refractivity contribution is -0.386. The Hall–Kier alpha value is -1.64. The summed E-state index contributed by atoms with van der Waals surface area (Å²) in [6.07, 6.45) is 1.46. The third-order valence-corrected chi connectivity index (χ3v) is 5.12. The molecule has 122 valence electrons. The highest BCUT2D eigenvalue weighted by atomic mass is 35.5. The van der Waals surface area contributed by atoms with Gasteiger partial charge in [-0.15, -0.1) is 0 Å². The molecule has 22 heavy (non-hydrogen) atoms. The molecule has 1 rings (SSSR count). The third-order valence-electron chi connectivity index (χ3n) is 2.89. The Morgan fingerprint density at radius 1 is 1.36 bits per heavy atom. The molecule has 0 N–H and O–H groups in total. The molecule has 0 unspecified atom stereocenters. The summed E-state index contributed by atoms with van der Waals surface area (Å²) in [7, 11) is -3.76. The van der Waals surface area contributed by atoms with E-state index in [1.54, 1.807) is 13.8 Å². The highest BCUT2D eigenvalue weighted by Gasteiger charge is 2.26. The molecule has 0 saturated carbocycles. The van der Waals surface area contributed by atoms with Crippen molar-refractivity contribution in [1.82, 2.24) is 4.31 Å². The molecule has 0 aliphatic carbocycles. The maximum absolute atomic E-state index is 12.4. The van der Waals surface area contributed by atoms with Crippen LogP contribution in [0.1, 0.15) is 13.8 Å². The lowest BCUT2D eigenvalue weighted by Crippen LogP contribution is -2.30. The first-order valence-corrected chi connectivity index (χ1v) is 8.42. The maximum Gasteiger partial charge on any atom is 0.312 e. The smallest absolute Gasteiger partial charge is 0.312 e. The number of halogens is 1. The molecule has 0 aliphatic rings. The van der Waals surface area contributed by atoms with Gasteiger partial charge in [-0.05, 0) is 18.2 Å². The van der Waals surface area contributed by atoms with Crippen LogP contribution < -0.4 is 4.74 Å². The maximum atomic E-state index is 12.4. The second kappa shape index (κ2) is 8.11. The summed E-state index contributed by atoms with van der Waals surface area (Å²) < 4.78 is 31.2. The van der Waals surface area contributed by atoms with E-state index in [1.165, 1.54) is 28.0 Å². The standard InChI is InChI=1S/C13H17ClN2O5S/c1-3-15(4-2)22(19,20)11-6-7-13(21-9-5-8-14)12(10-11)16(17)18/h5-8,10H,3-4,9H2,1-2H3. The van der Waals surface area contributed by atoms with Crippen LogP contribution in [0.2, 0.25) is 0 Å². The zero-order valence-corrected chi connectivity index (χ0v) is 13.8. The van der Waals surface area contributed by atoms with E-state index in [0.29, 0.717) is 0 Å². The van der Waals surface area contributed by atoms with Crippen LogP contribution in [-0.4, -0.2) is 37.3 Å². The molecule has 7 nitrogen and oxygen atoms in total. The fourth-order valence-corrected chi connectivity index (χ4v) is 3.36. The van der Waals surface area contributed by atoms with Crippen molar-refractivity contribution < 1.29 is 18.1 Å². The van der Waals surface area contributed by atoms with E-state index in [2.05, 4.69) is 0 Å². The molecule has 0 fully saturated rings. The summed E-state index contributed by atoms with van der Waals surface area (Å²) in [6, 6.07) is 3.57. The van der Waals surface area contributed by atoms with Crippen molar-refractivity contribution in [2.45, 2.75) is 18.7 Å². The van der Waals surface area contributed by atoms with Gasteiger partial charge in [0, 0.05) is 24.7 Å². The molecular weight excluding hydrogens is 332 g/mol. The summed E-state index contributed by atoms with van der Waals surface area (Å²) in [6.45, 7) is 4.01. The average Bonchev–Trinajstić information content (AvgIpc) is 2.48. The van der Waals surface area contributed by atoms with Crippen LogP contribution in [0.25, 0.3) is 0 Å². The van der Waals surface area contributed by atoms with Gasteiger partial charge in [0.1, 0.15) is 6.61 Å². The van der Waals surface area contributed by atoms with Crippen LogP contribution in [0.4, 0.5) is 5.69 Å².